The van der Waals surface area contributed by atoms with Crippen LogP contribution >= 0.6 is 11.6 Å². The van der Waals surface area contributed by atoms with Crippen molar-refractivity contribution in [1.82, 2.24) is 0 Å². The molecule has 0 amide bonds. The molecule has 0 atom stereocenters. The number of hydrogen-bond acceptors (Lipinski definition) is 3. The molecule has 1 rings (SSSR count). The van der Waals surface area contributed by atoms with E-state index in [2.05, 4.69) is 0 Å². The number of sulfone groups is 1. The lowest BCUT2D eigenvalue weighted by Gasteiger charge is -2.01. The molecule has 0 spiro atoms. The van der Waals surface area contributed by atoms with E-state index in [4.69, 9.17) is 16.7 Å². The molecule has 0 bridgehead atoms. The number of aromatic carboxylic acids is 1. The maximum Gasteiger partial charge on any atom is 0.335 e. The Morgan fingerprint density at radius 2 is 1.82 bits per heavy atom. The lowest BCUT2D eigenvalue weighted by Crippen LogP contribution is -2.05. The predicted molar refractivity (Wildman–Crippen MR) is 65.3 cm³/mol. The standard InChI is InChI=1S/C11H11ClO4S/c12-7-1-2-8-17(15,16)10-5-3-9(4-6-10)11(13)14/h1-6H,7-8H2,(H,13,14)/b2-1+. The van der Waals surface area contributed by atoms with Crippen LogP contribution in [0.1, 0.15) is 10.4 Å². The summed E-state index contributed by atoms with van der Waals surface area (Å²) >= 11 is 5.39. The third-order valence-corrected chi connectivity index (χ3v) is 3.83. The predicted octanol–water partition coefficient (Wildman–Crippen LogP) is 1.95. The SMILES string of the molecule is O=C(O)c1ccc(S(=O)(=O)C/C=C/CCl)cc1. The second-order valence-corrected chi connectivity index (χ2v) is 5.58. The summed E-state index contributed by atoms with van der Waals surface area (Å²) in [4.78, 5) is 10.7. The Labute approximate surface area is 104 Å². The van der Waals surface area contributed by atoms with Crippen molar-refractivity contribution < 1.29 is 18.3 Å². The van der Waals surface area contributed by atoms with Gasteiger partial charge in [-0.15, -0.1) is 11.6 Å². The largest absolute Gasteiger partial charge is 0.478 e. The molecule has 0 radical (unpaired) electrons. The number of rotatable bonds is 5. The number of hydrogen-bond donors (Lipinski definition) is 1. The van der Waals surface area contributed by atoms with Gasteiger partial charge >= 0.3 is 5.97 Å². The zero-order chi connectivity index (χ0) is 12.9. The Hall–Kier alpha value is -1.33. The van der Waals surface area contributed by atoms with Crippen molar-refractivity contribution in [2.45, 2.75) is 4.90 Å². The van der Waals surface area contributed by atoms with Crippen LogP contribution in [0.3, 0.4) is 0 Å². The van der Waals surface area contributed by atoms with E-state index in [1.807, 2.05) is 0 Å². The van der Waals surface area contributed by atoms with E-state index in [9.17, 15) is 13.2 Å². The number of carboxylic acid groups (broad SMARTS) is 1. The molecule has 0 unspecified atom stereocenters. The van der Waals surface area contributed by atoms with Crippen LogP contribution < -0.4 is 0 Å². The van der Waals surface area contributed by atoms with Gasteiger partial charge in [-0.3, -0.25) is 0 Å². The zero-order valence-corrected chi connectivity index (χ0v) is 10.4. The smallest absolute Gasteiger partial charge is 0.335 e. The number of alkyl halides is 1. The van der Waals surface area contributed by atoms with E-state index < -0.39 is 15.8 Å². The number of benzene rings is 1. The van der Waals surface area contributed by atoms with Gasteiger partial charge in [0, 0.05) is 5.88 Å². The van der Waals surface area contributed by atoms with E-state index >= 15 is 0 Å². The normalized spacial score (nSPS) is 11.8. The lowest BCUT2D eigenvalue weighted by molar-refractivity contribution is 0.0697. The highest BCUT2D eigenvalue weighted by molar-refractivity contribution is 7.91. The average Bonchev–Trinajstić information content (AvgIpc) is 2.29. The van der Waals surface area contributed by atoms with Crippen molar-refractivity contribution in [1.29, 1.82) is 0 Å². The van der Waals surface area contributed by atoms with Crippen LogP contribution in [0.5, 0.6) is 0 Å². The zero-order valence-electron chi connectivity index (χ0n) is 8.84. The molecule has 0 fully saturated rings. The summed E-state index contributed by atoms with van der Waals surface area (Å²) in [6, 6.07) is 5.10. The van der Waals surface area contributed by atoms with Crippen molar-refractivity contribution in [3.8, 4) is 0 Å². The summed E-state index contributed by atoms with van der Waals surface area (Å²) in [5.74, 6) is -0.976. The van der Waals surface area contributed by atoms with Crippen LogP contribution in [-0.4, -0.2) is 31.1 Å². The molecular formula is C11H11ClO4S. The molecule has 1 N–H and O–H groups in total. The van der Waals surface area contributed by atoms with Gasteiger partial charge in [0.05, 0.1) is 16.2 Å². The van der Waals surface area contributed by atoms with Gasteiger partial charge in [0.2, 0.25) is 0 Å². The van der Waals surface area contributed by atoms with E-state index in [0.717, 1.165) is 0 Å². The van der Waals surface area contributed by atoms with E-state index in [1.54, 1.807) is 6.08 Å². The molecule has 4 nitrogen and oxygen atoms in total. The molecule has 0 heterocycles. The number of carbonyl (C=O) groups is 1. The minimum Gasteiger partial charge on any atom is -0.478 e. The van der Waals surface area contributed by atoms with E-state index in [1.165, 1.54) is 30.3 Å². The Balaban J connectivity index is 2.92. The molecular weight excluding hydrogens is 264 g/mol. The van der Waals surface area contributed by atoms with E-state index in [-0.39, 0.29) is 22.1 Å². The second-order valence-electron chi connectivity index (χ2n) is 3.24. The highest BCUT2D eigenvalue weighted by Gasteiger charge is 2.13. The van der Waals surface area contributed by atoms with Crippen LogP contribution in [0.25, 0.3) is 0 Å². The highest BCUT2D eigenvalue weighted by Crippen LogP contribution is 2.12. The topological polar surface area (TPSA) is 71.4 Å². The highest BCUT2D eigenvalue weighted by atomic mass is 35.5. The molecule has 0 aromatic heterocycles. The molecule has 0 aliphatic heterocycles. The maximum absolute atomic E-state index is 11.7. The molecule has 17 heavy (non-hydrogen) atoms. The summed E-state index contributed by atoms with van der Waals surface area (Å²) in [6.07, 6.45) is 3.01. The first-order valence-electron chi connectivity index (χ1n) is 4.74. The molecule has 0 aliphatic carbocycles. The first-order valence-corrected chi connectivity index (χ1v) is 6.93. The van der Waals surface area contributed by atoms with Gasteiger partial charge in [0.25, 0.3) is 0 Å². The number of halogens is 1. The molecule has 1 aromatic carbocycles. The molecule has 0 saturated carbocycles. The van der Waals surface area contributed by atoms with Crippen LogP contribution in [0.2, 0.25) is 0 Å². The van der Waals surface area contributed by atoms with Crippen molar-refractivity contribution >= 4 is 27.4 Å². The van der Waals surface area contributed by atoms with Crippen LogP contribution in [0.15, 0.2) is 41.3 Å². The lowest BCUT2D eigenvalue weighted by atomic mass is 10.2. The summed E-state index contributed by atoms with van der Waals surface area (Å²) < 4.78 is 23.5. The van der Waals surface area contributed by atoms with Crippen molar-refractivity contribution in [3.63, 3.8) is 0 Å². The minimum atomic E-state index is -3.41. The Kier molecular flexibility index (Phi) is 4.72. The monoisotopic (exact) mass is 274 g/mol. The molecule has 1 aromatic rings. The summed E-state index contributed by atoms with van der Waals surface area (Å²) in [5, 5.41) is 8.68. The first kappa shape index (κ1) is 13.7. The van der Waals surface area contributed by atoms with Crippen LogP contribution in [0.4, 0.5) is 0 Å². The van der Waals surface area contributed by atoms with Crippen molar-refractivity contribution in [2.24, 2.45) is 0 Å². The minimum absolute atomic E-state index is 0.0558. The maximum atomic E-state index is 11.7. The third-order valence-electron chi connectivity index (χ3n) is 2.03. The Bertz CT molecular complexity index is 517. The molecule has 0 aliphatic rings. The van der Waals surface area contributed by atoms with Crippen LogP contribution in [0, 0.1) is 0 Å². The quantitative estimate of drug-likeness (QED) is 0.658. The fourth-order valence-corrected chi connectivity index (χ4v) is 2.42. The van der Waals surface area contributed by atoms with Crippen molar-refractivity contribution in [2.75, 3.05) is 11.6 Å². The van der Waals surface area contributed by atoms with Gasteiger partial charge < -0.3 is 5.11 Å². The molecule has 6 heteroatoms. The number of carboxylic acids is 1. The average molecular weight is 275 g/mol. The van der Waals surface area contributed by atoms with Crippen molar-refractivity contribution in [3.05, 3.63) is 42.0 Å². The van der Waals surface area contributed by atoms with E-state index in [0.29, 0.717) is 0 Å². The Morgan fingerprint density at radius 3 is 2.29 bits per heavy atom. The number of allylic oxidation sites excluding steroid dienone is 1. The third kappa shape index (κ3) is 3.87. The second kappa shape index (κ2) is 5.84. The summed E-state index contributed by atoms with van der Waals surface area (Å²) in [5.41, 5.74) is 0.0558. The van der Waals surface area contributed by atoms with Gasteiger partial charge in [0.15, 0.2) is 9.84 Å². The summed E-state index contributed by atoms with van der Waals surface area (Å²) in [7, 11) is -3.41. The van der Waals surface area contributed by atoms with Gasteiger partial charge in [-0.05, 0) is 24.3 Å². The first-order chi connectivity index (χ1) is 7.97. The Morgan fingerprint density at radius 1 is 1.24 bits per heavy atom. The van der Waals surface area contributed by atoms with Crippen LogP contribution in [-0.2, 0) is 9.84 Å². The molecule has 92 valence electrons. The summed E-state index contributed by atoms with van der Waals surface area (Å²) in [6.45, 7) is 0. The fraction of sp³-hybridized carbons (Fsp3) is 0.182. The fourth-order valence-electron chi connectivity index (χ4n) is 1.16. The van der Waals surface area contributed by atoms with Gasteiger partial charge in [-0.1, -0.05) is 12.2 Å². The van der Waals surface area contributed by atoms with Gasteiger partial charge in [0.1, 0.15) is 0 Å². The molecule has 0 saturated heterocycles. The van der Waals surface area contributed by atoms with Gasteiger partial charge in [-0.2, -0.15) is 0 Å². The van der Waals surface area contributed by atoms with Gasteiger partial charge in [-0.25, -0.2) is 13.2 Å².